The summed E-state index contributed by atoms with van der Waals surface area (Å²) in [6.45, 7) is 1.80. The van der Waals surface area contributed by atoms with Gasteiger partial charge in [0.1, 0.15) is 5.82 Å². The summed E-state index contributed by atoms with van der Waals surface area (Å²) in [6.07, 6.45) is 7.10. The van der Waals surface area contributed by atoms with E-state index in [1.165, 1.54) is 12.1 Å². The number of hydrogen-bond donors (Lipinski definition) is 0. The fraction of sp³-hybridized carbons (Fsp3) is 0.200. The molecular weight excluding hydrogens is 259 g/mol. The number of benzene rings is 2. The Labute approximate surface area is 126 Å². The summed E-state index contributed by atoms with van der Waals surface area (Å²) < 4.78 is 13.2. The minimum Gasteiger partial charge on any atom is -0.207 e. The molecule has 0 nitrogen and oxygen atoms in total. The third-order valence-electron chi connectivity index (χ3n) is 3.59. The van der Waals surface area contributed by atoms with E-state index in [0.29, 0.717) is 12.8 Å². The highest BCUT2D eigenvalue weighted by atomic mass is 19.1. The predicted molar refractivity (Wildman–Crippen MR) is 85.1 cm³/mol. The molecule has 1 atom stereocenters. The van der Waals surface area contributed by atoms with Gasteiger partial charge in [-0.25, -0.2) is 4.39 Å². The highest BCUT2D eigenvalue weighted by Gasteiger charge is 2.29. The molecule has 0 N–H and O–H groups in total. The van der Waals surface area contributed by atoms with Crippen molar-refractivity contribution in [3.8, 4) is 24.2 Å². The highest BCUT2D eigenvalue weighted by molar-refractivity contribution is 5.39. The molecule has 0 aliphatic carbocycles. The molecule has 0 radical (unpaired) electrons. The lowest BCUT2D eigenvalue weighted by Crippen LogP contribution is -2.26. The Bertz CT molecular complexity index is 681. The zero-order valence-corrected chi connectivity index (χ0v) is 12.1. The zero-order chi connectivity index (χ0) is 15.1. The first-order chi connectivity index (χ1) is 10.2. The zero-order valence-electron chi connectivity index (χ0n) is 12.1. The van der Waals surface area contributed by atoms with Gasteiger partial charge in [-0.2, -0.15) is 0 Å². The van der Waals surface area contributed by atoms with E-state index in [4.69, 9.17) is 6.42 Å². The van der Waals surface area contributed by atoms with E-state index < -0.39 is 5.41 Å². The molecule has 0 aromatic heterocycles. The van der Waals surface area contributed by atoms with E-state index in [1.807, 2.05) is 18.2 Å². The van der Waals surface area contributed by atoms with Crippen LogP contribution >= 0.6 is 0 Å². The number of rotatable bonds is 4. The topological polar surface area (TPSA) is 0 Å². The first kappa shape index (κ1) is 14.9. The van der Waals surface area contributed by atoms with Crippen molar-refractivity contribution < 1.29 is 4.39 Å². The number of hydrogen-bond acceptors (Lipinski definition) is 0. The standard InChI is InChI=1S/C20H17F/c1-3-5-15-20(4-2,16-17-9-7-6-8-10-17)18-11-13-19(21)14-12-18/h2,6-14H,15-16H2,1H3. The van der Waals surface area contributed by atoms with Gasteiger partial charge in [-0.15, -0.1) is 18.3 Å². The molecule has 2 rings (SSSR count). The van der Waals surface area contributed by atoms with Crippen LogP contribution in [-0.2, 0) is 11.8 Å². The summed E-state index contributed by atoms with van der Waals surface area (Å²) >= 11 is 0. The van der Waals surface area contributed by atoms with E-state index in [-0.39, 0.29) is 5.82 Å². The average molecular weight is 276 g/mol. The summed E-state index contributed by atoms with van der Waals surface area (Å²) in [5.74, 6) is 8.64. The molecule has 0 amide bonds. The van der Waals surface area contributed by atoms with Gasteiger partial charge >= 0.3 is 0 Å². The quantitative estimate of drug-likeness (QED) is 0.728. The van der Waals surface area contributed by atoms with Crippen LogP contribution in [-0.4, -0.2) is 0 Å². The Morgan fingerprint density at radius 2 is 1.71 bits per heavy atom. The normalized spacial score (nSPS) is 12.6. The van der Waals surface area contributed by atoms with Crippen LogP contribution in [0.25, 0.3) is 0 Å². The molecule has 0 fully saturated rings. The molecule has 1 heteroatoms. The lowest BCUT2D eigenvalue weighted by molar-refractivity contribution is 0.565. The molecule has 0 heterocycles. The third kappa shape index (κ3) is 3.53. The largest absolute Gasteiger partial charge is 0.207 e. The van der Waals surface area contributed by atoms with E-state index in [0.717, 1.165) is 11.1 Å². The van der Waals surface area contributed by atoms with Crippen molar-refractivity contribution in [3.63, 3.8) is 0 Å². The second kappa shape index (κ2) is 6.78. The van der Waals surface area contributed by atoms with Crippen molar-refractivity contribution in [3.05, 3.63) is 71.5 Å². The van der Waals surface area contributed by atoms with Crippen molar-refractivity contribution in [1.29, 1.82) is 0 Å². The Morgan fingerprint density at radius 3 is 2.29 bits per heavy atom. The van der Waals surface area contributed by atoms with E-state index in [1.54, 1.807) is 19.1 Å². The predicted octanol–water partition coefficient (Wildman–Crippen LogP) is 4.35. The van der Waals surface area contributed by atoms with Gasteiger partial charge in [0, 0.05) is 6.42 Å². The molecule has 2 aromatic carbocycles. The molecule has 21 heavy (non-hydrogen) atoms. The Morgan fingerprint density at radius 1 is 1.05 bits per heavy atom. The van der Waals surface area contributed by atoms with Crippen LogP contribution in [0, 0.1) is 30.0 Å². The molecule has 1 unspecified atom stereocenters. The Kier molecular flexibility index (Phi) is 4.81. The van der Waals surface area contributed by atoms with Gasteiger partial charge in [-0.3, -0.25) is 0 Å². The summed E-state index contributed by atoms with van der Waals surface area (Å²) in [4.78, 5) is 0. The molecular formula is C20H17F. The Balaban J connectivity index is 2.44. The average Bonchev–Trinajstić information content (AvgIpc) is 2.53. The third-order valence-corrected chi connectivity index (χ3v) is 3.59. The number of terminal acetylenes is 1. The van der Waals surface area contributed by atoms with Crippen LogP contribution < -0.4 is 0 Å². The van der Waals surface area contributed by atoms with Crippen LogP contribution in [0.4, 0.5) is 4.39 Å². The first-order valence-corrected chi connectivity index (χ1v) is 6.87. The van der Waals surface area contributed by atoms with E-state index in [2.05, 4.69) is 29.9 Å². The van der Waals surface area contributed by atoms with E-state index >= 15 is 0 Å². The van der Waals surface area contributed by atoms with Gasteiger partial charge in [0.05, 0.1) is 5.41 Å². The van der Waals surface area contributed by atoms with Gasteiger partial charge in [-0.05, 0) is 36.6 Å². The van der Waals surface area contributed by atoms with Crippen molar-refractivity contribution in [1.82, 2.24) is 0 Å². The molecule has 0 bridgehead atoms. The highest BCUT2D eigenvalue weighted by Crippen LogP contribution is 2.31. The fourth-order valence-electron chi connectivity index (χ4n) is 2.40. The number of halogens is 1. The second-order valence-corrected chi connectivity index (χ2v) is 5.00. The van der Waals surface area contributed by atoms with Gasteiger partial charge in [-0.1, -0.05) is 48.4 Å². The van der Waals surface area contributed by atoms with Crippen molar-refractivity contribution in [2.45, 2.75) is 25.2 Å². The summed E-state index contributed by atoms with van der Waals surface area (Å²) in [5.41, 5.74) is 1.55. The minimum atomic E-state index is -0.530. The molecule has 2 aromatic rings. The van der Waals surface area contributed by atoms with Crippen LogP contribution in [0.3, 0.4) is 0 Å². The molecule has 0 saturated carbocycles. The molecule has 104 valence electrons. The summed E-state index contributed by atoms with van der Waals surface area (Å²) in [6, 6.07) is 16.5. The molecule has 0 spiro atoms. The lowest BCUT2D eigenvalue weighted by Gasteiger charge is -2.27. The van der Waals surface area contributed by atoms with Crippen molar-refractivity contribution >= 4 is 0 Å². The van der Waals surface area contributed by atoms with Gasteiger partial charge in [0.2, 0.25) is 0 Å². The maximum absolute atomic E-state index is 13.2. The van der Waals surface area contributed by atoms with Crippen molar-refractivity contribution in [2.24, 2.45) is 0 Å². The second-order valence-electron chi connectivity index (χ2n) is 5.00. The summed E-state index contributed by atoms with van der Waals surface area (Å²) in [7, 11) is 0. The van der Waals surface area contributed by atoms with Crippen LogP contribution in [0.2, 0.25) is 0 Å². The SMILES string of the molecule is C#CC(CC#CC)(Cc1ccccc1)c1ccc(F)cc1. The maximum Gasteiger partial charge on any atom is 0.123 e. The van der Waals surface area contributed by atoms with Gasteiger partial charge in [0.25, 0.3) is 0 Å². The first-order valence-electron chi connectivity index (χ1n) is 6.87. The maximum atomic E-state index is 13.2. The minimum absolute atomic E-state index is 0.258. The van der Waals surface area contributed by atoms with E-state index in [9.17, 15) is 4.39 Å². The molecule has 0 aliphatic heterocycles. The molecule has 0 aliphatic rings. The van der Waals surface area contributed by atoms with Crippen LogP contribution in [0.15, 0.2) is 54.6 Å². The van der Waals surface area contributed by atoms with Crippen molar-refractivity contribution in [2.75, 3.05) is 0 Å². The van der Waals surface area contributed by atoms with Gasteiger partial charge < -0.3 is 0 Å². The smallest absolute Gasteiger partial charge is 0.123 e. The van der Waals surface area contributed by atoms with Crippen LogP contribution in [0.1, 0.15) is 24.5 Å². The fourth-order valence-corrected chi connectivity index (χ4v) is 2.40. The van der Waals surface area contributed by atoms with Crippen LogP contribution in [0.5, 0.6) is 0 Å². The summed E-state index contributed by atoms with van der Waals surface area (Å²) in [5, 5.41) is 0. The Hall–Kier alpha value is -2.51. The lowest BCUT2D eigenvalue weighted by atomic mass is 9.74. The monoisotopic (exact) mass is 276 g/mol. The molecule has 0 saturated heterocycles. The van der Waals surface area contributed by atoms with Gasteiger partial charge in [0.15, 0.2) is 0 Å².